The molecule has 0 radical (unpaired) electrons. The molecule has 0 bridgehead atoms. The van der Waals surface area contributed by atoms with Crippen molar-refractivity contribution in [3.8, 4) is 0 Å². The molecule has 1 unspecified atom stereocenters. The predicted octanol–water partition coefficient (Wildman–Crippen LogP) is 2.60. The smallest absolute Gasteiger partial charge is 0.0489 e. The summed E-state index contributed by atoms with van der Waals surface area (Å²) in [7, 11) is 0. The molecule has 0 aliphatic carbocycles. The molecule has 1 atom stereocenters. The van der Waals surface area contributed by atoms with Crippen LogP contribution in [0, 0.1) is 5.92 Å². The van der Waals surface area contributed by atoms with E-state index in [1.165, 1.54) is 5.57 Å². The molecule has 0 spiro atoms. The summed E-state index contributed by atoms with van der Waals surface area (Å²) in [5.74, 6) is 0.565. The van der Waals surface area contributed by atoms with Crippen LogP contribution in [0.5, 0.6) is 0 Å². The Hall–Kier alpha value is -0.850. The molecule has 1 aliphatic rings. The number of hydrogen-bond donors (Lipinski definition) is 0. The molecular weight excluding hydrogens is 134 g/mol. The van der Waals surface area contributed by atoms with Crippen molar-refractivity contribution in [3.63, 3.8) is 0 Å². The molecule has 60 valence electrons. The third kappa shape index (κ3) is 2.04. The molecule has 1 heterocycles. The molecule has 0 aromatic carbocycles. The van der Waals surface area contributed by atoms with Crippen molar-refractivity contribution in [1.29, 1.82) is 0 Å². The third-order valence-electron chi connectivity index (χ3n) is 2.09. The van der Waals surface area contributed by atoms with Gasteiger partial charge >= 0.3 is 0 Å². The van der Waals surface area contributed by atoms with E-state index in [-0.39, 0.29) is 0 Å². The van der Waals surface area contributed by atoms with Crippen LogP contribution >= 0.6 is 0 Å². The number of dihydropyridines is 1. The minimum absolute atomic E-state index is 0.565. The summed E-state index contributed by atoms with van der Waals surface area (Å²) in [6.45, 7) is 5.23. The predicted molar refractivity (Wildman–Crippen MR) is 50.0 cm³/mol. The molecule has 0 amide bonds. The van der Waals surface area contributed by atoms with Crippen LogP contribution in [0.15, 0.2) is 28.8 Å². The van der Waals surface area contributed by atoms with Gasteiger partial charge in [0.25, 0.3) is 0 Å². The Kier molecular flexibility index (Phi) is 3.09. The molecule has 11 heavy (non-hydrogen) atoms. The highest BCUT2D eigenvalue weighted by atomic mass is 14.7. The number of allylic oxidation sites excluding steroid dienone is 2. The summed E-state index contributed by atoms with van der Waals surface area (Å²) in [5.41, 5.74) is 1.50. The van der Waals surface area contributed by atoms with Gasteiger partial charge in [-0.25, -0.2) is 0 Å². The zero-order valence-electron chi connectivity index (χ0n) is 7.25. The average Bonchev–Trinajstić information content (AvgIpc) is 2.09. The molecule has 0 fully saturated rings. The molecule has 0 aromatic heterocycles. The Labute approximate surface area is 68.5 Å². The lowest BCUT2D eigenvalue weighted by Crippen LogP contribution is -2.07. The SMILES string of the molecule is C/C=C(\CC)C1C=CC=NC1. The second-order valence-corrected chi connectivity index (χ2v) is 2.72. The first-order valence-electron chi connectivity index (χ1n) is 4.20. The van der Waals surface area contributed by atoms with Crippen LogP contribution in [-0.4, -0.2) is 12.8 Å². The van der Waals surface area contributed by atoms with Gasteiger partial charge < -0.3 is 0 Å². The van der Waals surface area contributed by atoms with Gasteiger partial charge in [-0.05, 0) is 19.4 Å². The quantitative estimate of drug-likeness (QED) is 0.535. The van der Waals surface area contributed by atoms with E-state index in [0.717, 1.165) is 13.0 Å². The highest BCUT2D eigenvalue weighted by Gasteiger charge is 2.08. The van der Waals surface area contributed by atoms with Crippen LogP contribution < -0.4 is 0 Å². The van der Waals surface area contributed by atoms with E-state index in [9.17, 15) is 0 Å². The van der Waals surface area contributed by atoms with Crippen molar-refractivity contribution in [2.45, 2.75) is 20.3 Å². The molecule has 0 N–H and O–H groups in total. The summed E-state index contributed by atoms with van der Waals surface area (Å²) in [6, 6.07) is 0. The highest BCUT2D eigenvalue weighted by molar-refractivity contribution is 5.72. The maximum Gasteiger partial charge on any atom is 0.0489 e. The van der Waals surface area contributed by atoms with Crippen LogP contribution in [0.3, 0.4) is 0 Å². The van der Waals surface area contributed by atoms with Crippen molar-refractivity contribution >= 4 is 6.21 Å². The lowest BCUT2D eigenvalue weighted by Gasteiger charge is -2.14. The maximum atomic E-state index is 4.22. The van der Waals surface area contributed by atoms with E-state index in [1.54, 1.807) is 0 Å². The van der Waals surface area contributed by atoms with Gasteiger partial charge in [0.2, 0.25) is 0 Å². The summed E-state index contributed by atoms with van der Waals surface area (Å²) in [5, 5.41) is 0. The largest absolute Gasteiger partial charge is 0.292 e. The average molecular weight is 149 g/mol. The van der Waals surface area contributed by atoms with Gasteiger partial charge in [-0.3, -0.25) is 4.99 Å². The van der Waals surface area contributed by atoms with Crippen molar-refractivity contribution in [1.82, 2.24) is 0 Å². The monoisotopic (exact) mass is 149 g/mol. The molecule has 1 heteroatoms. The topological polar surface area (TPSA) is 12.4 Å². The summed E-state index contributed by atoms with van der Waals surface area (Å²) in [6.07, 6.45) is 9.48. The standard InChI is InChI=1S/C10H15N/c1-3-9(4-2)10-6-5-7-11-8-10/h3,5-7,10H,4,8H2,1-2H3/b9-3+. The Morgan fingerprint density at radius 3 is 3.00 bits per heavy atom. The van der Waals surface area contributed by atoms with Gasteiger partial charge in [-0.1, -0.05) is 24.6 Å². The minimum atomic E-state index is 0.565. The van der Waals surface area contributed by atoms with Gasteiger partial charge in [-0.2, -0.15) is 0 Å². The van der Waals surface area contributed by atoms with Crippen molar-refractivity contribution in [2.75, 3.05) is 6.54 Å². The lowest BCUT2D eigenvalue weighted by molar-refractivity contribution is 0.731. The fraction of sp³-hybridized carbons (Fsp3) is 0.500. The molecule has 0 aromatic rings. The summed E-state index contributed by atoms with van der Waals surface area (Å²) >= 11 is 0. The highest BCUT2D eigenvalue weighted by Crippen LogP contribution is 2.17. The normalized spacial score (nSPS) is 24.2. The van der Waals surface area contributed by atoms with Gasteiger partial charge in [0.1, 0.15) is 0 Å². The first-order valence-corrected chi connectivity index (χ1v) is 4.20. The Morgan fingerprint density at radius 1 is 1.73 bits per heavy atom. The Morgan fingerprint density at radius 2 is 2.55 bits per heavy atom. The molecule has 1 nitrogen and oxygen atoms in total. The molecule has 0 saturated carbocycles. The van der Waals surface area contributed by atoms with E-state index in [0.29, 0.717) is 5.92 Å². The lowest BCUT2D eigenvalue weighted by atomic mass is 9.95. The molecular formula is C10H15N. The molecule has 1 aliphatic heterocycles. The number of rotatable bonds is 2. The fourth-order valence-corrected chi connectivity index (χ4v) is 1.40. The Bertz CT molecular complexity index is 199. The van der Waals surface area contributed by atoms with E-state index < -0.39 is 0 Å². The van der Waals surface area contributed by atoms with Crippen LogP contribution in [0.2, 0.25) is 0 Å². The van der Waals surface area contributed by atoms with Crippen molar-refractivity contribution in [2.24, 2.45) is 10.9 Å². The third-order valence-corrected chi connectivity index (χ3v) is 2.09. The number of aliphatic imine (C=N–C) groups is 1. The van der Waals surface area contributed by atoms with E-state index in [4.69, 9.17) is 0 Å². The first-order chi connectivity index (χ1) is 5.38. The zero-order valence-corrected chi connectivity index (χ0v) is 7.25. The summed E-state index contributed by atoms with van der Waals surface area (Å²) < 4.78 is 0. The van der Waals surface area contributed by atoms with Crippen molar-refractivity contribution in [3.05, 3.63) is 23.8 Å². The van der Waals surface area contributed by atoms with E-state index >= 15 is 0 Å². The second kappa shape index (κ2) is 4.12. The van der Waals surface area contributed by atoms with E-state index in [1.807, 2.05) is 12.3 Å². The summed E-state index contributed by atoms with van der Waals surface area (Å²) in [4.78, 5) is 4.22. The van der Waals surface area contributed by atoms with Crippen LogP contribution in [0.1, 0.15) is 20.3 Å². The van der Waals surface area contributed by atoms with Crippen LogP contribution in [0.25, 0.3) is 0 Å². The number of hydrogen-bond acceptors (Lipinski definition) is 1. The number of nitrogens with zero attached hydrogens (tertiary/aromatic N) is 1. The zero-order chi connectivity index (χ0) is 8.10. The Balaban J connectivity index is 2.60. The van der Waals surface area contributed by atoms with Gasteiger partial charge in [-0.15, -0.1) is 0 Å². The second-order valence-electron chi connectivity index (χ2n) is 2.72. The van der Waals surface area contributed by atoms with Gasteiger partial charge in [0.05, 0.1) is 0 Å². The van der Waals surface area contributed by atoms with Crippen LogP contribution in [0.4, 0.5) is 0 Å². The van der Waals surface area contributed by atoms with E-state index in [2.05, 4.69) is 31.0 Å². The van der Waals surface area contributed by atoms with Gasteiger partial charge in [0, 0.05) is 18.7 Å². The first kappa shape index (κ1) is 8.25. The van der Waals surface area contributed by atoms with Crippen LogP contribution in [-0.2, 0) is 0 Å². The van der Waals surface area contributed by atoms with Gasteiger partial charge in [0.15, 0.2) is 0 Å². The van der Waals surface area contributed by atoms with Crippen molar-refractivity contribution < 1.29 is 0 Å². The maximum absolute atomic E-state index is 4.22. The fourth-order valence-electron chi connectivity index (χ4n) is 1.40. The molecule has 0 saturated heterocycles. The molecule has 1 rings (SSSR count). The minimum Gasteiger partial charge on any atom is -0.292 e.